The van der Waals surface area contributed by atoms with E-state index in [9.17, 15) is 9.59 Å². The van der Waals surface area contributed by atoms with Gasteiger partial charge in [0.15, 0.2) is 10.9 Å². The zero-order valence-corrected chi connectivity index (χ0v) is 17.4. The van der Waals surface area contributed by atoms with E-state index in [1.54, 1.807) is 36.0 Å². The van der Waals surface area contributed by atoms with Crippen molar-refractivity contribution >= 4 is 51.6 Å². The third-order valence-corrected chi connectivity index (χ3v) is 5.51. The summed E-state index contributed by atoms with van der Waals surface area (Å²) in [5, 5.41) is 8.49. The second-order valence-corrected chi connectivity index (χ2v) is 8.10. The Kier molecular flexibility index (Phi) is 7.13. The van der Waals surface area contributed by atoms with Gasteiger partial charge in [0.05, 0.1) is 12.0 Å². The highest BCUT2D eigenvalue weighted by molar-refractivity contribution is 7.98. The number of anilines is 1. The topological polar surface area (TPSA) is 84.2 Å². The van der Waals surface area contributed by atoms with Crippen molar-refractivity contribution in [3.8, 4) is 11.3 Å². The minimum Gasteiger partial charge on any atom is -0.459 e. The molecule has 146 valence electrons. The molecular weight excluding hydrogens is 418 g/mol. The van der Waals surface area contributed by atoms with Gasteiger partial charge in [-0.15, -0.1) is 11.3 Å². The number of hydrogen-bond donors (Lipinski definition) is 2. The lowest BCUT2D eigenvalue weighted by molar-refractivity contribution is -0.118. The number of carbonyl (C=O) groups is 2. The van der Waals surface area contributed by atoms with Gasteiger partial charge in [0.25, 0.3) is 5.91 Å². The molecule has 1 unspecified atom stereocenters. The van der Waals surface area contributed by atoms with Gasteiger partial charge in [-0.3, -0.25) is 9.59 Å². The summed E-state index contributed by atoms with van der Waals surface area (Å²) in [4.78, 5) is 29.4. The van der Waals surface area contributed by atoms with Gasteiger partial charge < -0.3 is 15.1 Å². The second kappa shape index (κ2) is 9.77. The van der Waals surface area contributed by atoms with E-state index in [0.717, 1.165) is 17.0 Å². The van der Waals surface area contributed by atoms with Crippen LogP contribution in [0.5, 0.6) is 0 Å². The van der Waals surface area contributed by atoms with Crippen molar-refractivity contribution in [1.82, 2.24) is 10.3 Å². The third kappa shape index (κ3) is 5.37. The highest BCUT2D eigenvalue weighted by Crippen LogP contribution is 2.26. The summed E-state index contributed by atoms with van der Waals surface area (Å²) in [6.07, 6.45) is 3.86. The van der Waals surface area contributed by atoms with Crippen LogP contribution in [0.15, 0.2) is 52.5 Å². The van der Waals surface area contributed by atoms with Crippen LogP contribution < -0.4 is 10.6 Å². The van der Waals surface area contributed by atoms with Gasteiger partial charge >= 0.3 is 0 Å². The molecule has 0 bridgehead atoms. The van der Waals surface area contributed by atoms with E-state index in [1.165, 1.54) is 17.6 Å². The molecule has 0 aliphatic heterocycles. The Labute approximate surface area is 175 Å². The molecule has 0 spiro atoms. The summed E-state index contributed by atoms with van der Waals surface area (Å²) < 4.78 is 5.09. The molecule has 0 radical (unpaired) electrons. The molecule has 0 saturated heterocycles. The summed E-state index contributed by atoms with van der Waals surface area (Å²) in [5.74, 6) is 0.157. The summed E-state index contributed by atoms with van der Waals surface area (Å²) in [6.45, 7) is 0. The zero-order valence-electron chi connectivity index (χ0n) is 15.0. The Morgan fingerprint density at radius 3 is 2.75 bits per heavy atom. The normalized spacial score (nSPS) is 11.8. The molecular formula is C19H18ClN3O3S2. The van der Waals surface area contributed by atoms with Crippen molar-refractivity contribution in [2.24, 2.45) is 0 Å². The summed E-state index contributed by atoms with van der Waals surface area (Å²) in [7, 11) is 0. The fraction of sp³-hybridized carbons (Fsp3) is 0.211. The number of nitrogens with zero attached hydrogens (tertiary/aromatic N) is 1. The van der Waals surface area contributed by atoms with Crippen LogP contribution >= 0.6 is 34.7 Å². The zero-order chi connectivity index (χ0) is 19.9. The number of benzene rings is 1. The minimum absolute atomic E-state index is 0.168. The summed E-state index contributed by atoms with van der Waals surface area (Å²) in [5.41, 5.74) is 1.66. The molecule has 2 amide bonds. The van der Waals surface area contributed by atoms with Crippen molar-refractivity contribution in [3.05, 3.63) is 58.8 Å². The molecule has 0 aliphatic carbocycles. The van der Waals surface area contributed by atoms with Crippen molar-refractivity contribution in [1.29, 1.82) is 0 Å². The number of carbonyl (C=O) groups excluding carboxylic acids is 2. The molecule has 0 aliphatic rings. The molecule has 1 aromatic carbocycles. The van der Waals surface area contributed by atoms with E-state index in [4.69, 9.17) is 16.0 Å². The number of thioether (sulfide) groups is 1. The summed E-state index contributed by atoms with van der Waals surface area (Å²) in [6, 6.07) is 9.81. The van der Waals surface area contributed by atoms with Crippen molar-refractivity contribution < 1.29 is 14.0 Å². The van der Waals surface area contributed by atoms with Gasteiger partial charge in [0.1, 0.15) is 6.04 Å². The Hall–Kier alpha value is -2.29. The monoisotopic (exact) mass is 435 g/mol. The van der Waals surface area contributed by atoms with Crippen molar-refractivity contribution in [2.75, 3.05) is 17.3 Å². The molecule has 0 saturated carbocycles. The first-order valence-corrected chi connectivity index (χ1v) is 11.1. The molecule has 1 atom stereocenters. The number of furan rings is 1. The Morgan fingerprint density at radius 2 is 2.07 bits per heavy atom. The van der Waals surface area contributed by atoms with E-state index < -0.39 is 11.9 Å². The van der Waals surface area contributed by atoms with E-state index >= 15 is 0 Å². The number of nitrogens with one attached hydrogen (secondary N) is 2. The highest BCUT2D eigenvalue weighted by Gasteiger charge is 2.23. The van der Waals surface area contributed by atoms with E-state index in [-0.39, 0.29) is 11.7 Å². The number of hydrogen-bond acceptors (Lipinski definition) is 6. The van der Waals surface area contributed by atoms with Gasteiger partial charge in [0.2, 0.25) is 5.91 Å². The van der Waals surface area contributed by atoms with Crippen LogP contribution in [-0.2, 0) is 4.79 Å². The maximum Gasteiger partial charge on any atom is 0.287 e. The maximum absolute atomic E-state index is 12.7. The molecule has 2 heterocycles. The van der Waals surface area contributed by atoms with Gasteiger partial charge in [-0.25, -0.2) is 4.98 Å². The Balaban J connectivity index is 1.67. The molecule has 9 heteroatoms. The lowest BCUT2D eigenvalue weighted by atomic mass is 10.2. The fourth-order valence-electron chi connectivity index (χ4n) is 2.42. The van der Waals surface area contributed by atoms with E-state index in [2.05, 4.69) is 15.6 Å². The Morgan fingerprint density at radius 1 is 1.29 bits per heavy atom. The van der Waals surface area contributed by atoms with E-state index in [0.29, 0.717) is 16.6 Å². The van der Waals surface area contributed by atoms with Crippen LogP contribution in [0.25, 0.3) is 11.3 Å². The average molecular weight is 436 g/mol. The number of thiazole rings is 1. The smallest absolute Gasteiger partial charge is 0.287 e. The molecule has 28 heavy (non-hydrogen) atoms. The highest BCUT2D eigenvalue weighted by atomic mass is 35.5. The lowest BCUT2D eigenvalue weighted by Gasteiger charge is -2.16. The first kappa shape index (κ1) is 20.4. The first-order chi connectivity index (χ1) is 13.6. The SMILES string of the molecule is CSCCC(NC(=O)c1ccco1)C(=O)Nc1nc(-c2ccc(Cl)cc2)cs1. The number of amides is 2. The van der Waals surface area contributed by atoms with Crippen LogP contribution in [0.1, 0.15) is 17.0 Å². The van der Waals surface area contributed by atoms with Gasteiger partial charge in [-0.1, -0.05) is 23.7 Å². The van der Waals surface area contributed by atoms with Crippen LogP contribution in [0.2, 0.25) is 5.02 Å². The van der Waals surface area contributed by atoms with Gasteiger partial charge in [-0.05, 0) is 42.7 Å². The van der Waals surface area contributed by atoms with Gasteiger partial charge in [0, 0.05) is 16.0 Å². The Bertz CT molecular complexity index is 926. The van der Waals surface area contributed by atoms with Crippen molar-refractivity contribution in [2.45, 2.75) is 12.5 Å². The van der Waals surface area contributed by atoms with Crippen LogP contribution in [-0.4, -0.2) is 34.8 Å². The van der Waals surface area contributed by atoms with Crippen LogP contribution in [0.4, 0.5) is 5.13 Å². The lowest BCUT2D eigenvalue weighted by Crippen LogP contribution is -2.44. The van der Waals surface area contributed by atoms with Crippen LogP contribution in [0.3, 0.4) is 0 Å². The maximum atomic E-state index is 12.7. The predicted molar refractivity (Wildman–Crippen MR) is 114 cm³/mol. The van der Waals surface area contributed by atoms with Crippen LogP contribution in [0, 0.1) is 0 Å². The molecule has 3 aromatic rings. The molecule has 2 aromatic heterocycles. The number of halogens is 1. The third-order valence-electron chi connectivity index (χ3n) is 3.85. The largest absolute Gasteiger partial charge is 0.459 e. The molecule has 2 N–H and O–H groups in total. The number of rotatable bonds is 8. The van der Waals surface area contributed by atoms with Crippen molar-refractivity contribution in [3.63, 3.8) is 0 Å². The minimum atomic E-state index is -0.687. The average Bonchev–Trinajstić information content (AvgIpc) is 3.37. The second-order valence-electron chi connectivity index (χ2n) is 5.82. The molecule has 3 rings (SSSR count). The number of aromatic nitrogens is 1. The predicted octanol–water partition coefficient (Wildman–Crippen LogP) is 4.55. The standard InChI is InChI=1S/C19H18ClN3O3S2/c1-27-10-8-14(21-18(25)16-3-2-9-26-16)17(24)23-19-22-15(11-28-19)12-4-6-13(20)7-5-12/h2-7,9,11,14H,8,10H2,1H3,(H,21,25)(H,22,23,24). The quantitative estimate of drug-likeness (QED) is 0.542. The summed E-state index contributed by atoms with van der Waals surface area (Å²) >= 11 is 8.83. The fourth-order valence-corrected chi connectivity index (χ4v) is 3.74. The van der Waals surface area contributed by atoms with Gasteiger partial charge in [-0.2, -0.15) is 11.8 Å². The van der Waals surface area contributed by atoms with E-state index in [1.807, 2.05) is 23.8 Å². The molecule has 0 fully saturated rings. The molecule has 6 nitrogen and oxygen atoms in total. The first-order valence-electron chi connectivity index (χ1n) is 8.42.